The molecular weight excluding hydrogens is 170 g/mol. The van der Waals surface area contributed by atoms with Gasteiger partial charge in [-0.1, -0.05) is 24.3 Å². The highest BCUT2D eigenvalue weighted by molar-refractivity contribution is 5.85. The Morgan fingerprint density at radius 3 is 2.92 bits per heavy atom. The number of aliphatic imine (C=N–C) groups is 1. The van der Waals surface area contributed by atoms with Gasteiger partial charge in [0.05, 0.1) is 6.04 Å². The van der Waals surface area contributed by atoms with Crippen LogP contribution in [0, 0.1) is 0 Å². The SMILES string of the molecule is CC1Cc2ccccc2C=N1.Cl. The first-order chi connectivity index (χ1) is 5.36. The Labute approximate surface area is 78.9 Å². The minimum atomic E-state index is 0. The summed E-state index contributed by atoms with van der Waals surface area (Å²) in [7, 11) is 0. The molecule has 64 valence electrons. The van der Waals surface area contributed by atoms with E-state index < -0.39 is 0 Å². The molecule has 1 unspecified atom stereocenters. The second-order valence-corrected chi connectivity index (χ2v) is 3.03. The zero-order chi connectivity index (χ0) is 7.68. The van der Waals surface area contributed by atoms with Crippen molar-refractivity contribution in [2.45, 2.75) is 19.4 Å². The maximum absolute atomic E-state index is 4.35. The fourth-order valence-corrected chi connectivity index (χ4v) is 1.42. The third-order valence-corrected chi connectivity index (χ3v) is 2.04. The van der Waals surface area contributed by atoms with E-state index in [0.717, 1.165) is 6.42 Å². The van der Waals surface area contributed by atoms with Crippen molar-refractivity contribution < 1.29 is 0 Å². The van der Waals surface area contributed by atoms with E-state index in [1.807, 2.05) is 6.21 Å². The normalized spacial score (nSPS) is 19.6. The number of benzene rings is 1. The molecule has 0 amide bonds. The standard InChI is InChI=1S/C10H11N.ClH/c1-8-6-9-4-2-3-5-10(9)7-11-8;/h2-5,7-8H,6H2,1H3;1H. The molecule has 1 aromatic rings. The highest BCUT2D eigenvalue weighted by atomic mass is 35.5. The van der Waals surface area contributed by atoms with Crippen LogP contribution >= 0.6 is 12.4 Å². The Bertz CT molecular complexity index is 294. The molecule has 1 aliphatic rings. The Morgan fingerprint density at radius 2 is 2.08 bits per heavy atom. The predicted molar refractivity (Wildman–Crippen MR) is 54.5 cm³/mol. The van der Waals surface area contributed by atoms with Crippen molar-refractivity contribution in [1.82, 2.24) is 0 Å². The molecule has 0 N–H and O–H groups in total. The van der Waals surface area contributed by atoms with E-state index >= 15 is 0 Å². The number of rotatable bonds is 0. The summed E-state index contributed by atoms with van der Waals surface area (Å²) >= 11 is 0. The molecule has 1 aromatic carbocycles. The van der Waals surface area contributed by atoms with E-state index in [4.69, 9.17) is 0 Å². The van der Waals surface area contributed by atoms with Crippen LogP contribution in [0.3, 0.4) is 0 Å². The summed E-state index contributed by atoms with van der Waals surface area (Å²) in [5, 5.41) is 0. The van der Waals surface area contributed by atoms with Crippen molar-refractivity contribution in [3.05, 3.63) is 35.4 Å². The van der Waals surface area contributed by atoms with Crippen molar-refractivity contribution in [2.24, 2.45) is 4.99 Å². The molecule has 0 aromatic heterocycles. The lowest BCUT2D eigenvalue weighted by Crippen LogP contribution is -2.10. The van der Waals surface area contributed by atoms with Crippen LogP contribution in [0.1, 0.15) is 18.1 Å². The van der Waals surface area contributed by atoms with E-state index in [9.17, 15) is 0 Å². The van der Waals surface area contributed by atoms with Crippen LogP contribution in [0.15, 0.2) is 29.3 Å². The lowest BCUT2D eigenvalue weighted by atomic mass is 9.99. The molecule has 0 saturated heterocycles. The number of hydrogen-bond acceptors (Lipinski definition) is 1. The lowest BCUT2D eigenvalue weighted by molar-refractivity contribution is 0.732. The van der Waals surface area contributed by atoms with Gasteiger partial charge in [0, 0.05) is 6.21 Å². The van der Waals surface area contributed by atoms with Crippen LogP contribution in [0.2, 0.25) is 0 Å². The minimum absolute atomic E-state index is 0. The Hall–Kier alpha value is -0.820. The van der Waals surface area contributed by atoms with E-state index in [2.05, 4.69) is 36.2 Å². The highest BCUT2D eigenvalue weighted by Gasteiger charge is 2.08. The molecule has 0 spiro atoms. The van der Waals surface area contributed by atoms with Gasteiger partial charge in [0.15, 0.2) is 0 Å². The largest absolute Gasteiger partial charge is 0.289 e. The second-order valence-electron chi connectivity index (χ2n) is 3.03. The third-order valence-electron chi connectivity index (χ3n) is 2.04. The van der Waals surface area contributed by atoms with Gasteiger partial charge in [-0.3, -0.25) is 4.99 Å². The molecule has 12 heavy (non-hydrogen) atoms. The van der Waals surface area contributed by atoms with E-state index in [0.29, 0.717) is 6.04 Å². The average molecular weight is 182 g/mol. The Balaban J connectivity index is 0.000000720. The Kier molecular flexibility index (Phi) is 2.88. The van der Waals surface area contributed by atoms with Crippen molar-refractivity contribution in [2.75, 3.05) is 0 Å². The van der Waals surface area contributed by atoms with Crippen LogP contribution in [-0.2, 0) is 6.42 Å². The summed E-state index contributed by atoms with van der Waals surface area (Å²) in [5.41, 5.74) is 2.71. The maximum Gasteiger partial charge on any atom is 0.0512 e. The summed E-state index contributed by atoms with van der Waals surface area (Å²) in [6.07, 6.45) is 3.07. The first kappa shape index (κ1) is 9.27. The zero-order valence-electron chi connectivity index (χ0n) is 7.03. The van der Waals surface area contributed by atoms with Gasteiger partial charge in [0.25, 0.3) is 0 Å². The van der Waals surface area contributed by atoms with Gasteiger partial charge in [-0.05, 0) is 24.5 Å². The molecule has 2 heteroatoms. The maximum atomic E-state index is 4.35. The van der Waals surface area contributed by atoms with E-state index in [-0.39, 0.29) is 12.4 Å². The lowest BCUT2D eigenvalue weighted by Gasteiger charge is -2.14. The van der Waals surface area contributed by atoms with Crippen LogP contribution in [0.25, 0.3) is 0 Å². The summed E-state index contributed by atoms with van der Waals surface area (Å²) in [5.74, 6) is 0. The fraction of sp³-hybridized carbons (Fsp3) is 0.300. The van der Waals surface area contributed by atoms with Crippen LogP contribution < -0.4 is 0 Å². The highest BCUT2D eigenvalue weighted by Crippen LogP contribution is 2.14. The molecule has 1 nitrogen and oxygen atoms in total. The summed E-state index contributed by atoms with van der Waals surface area (Å²) in [6.45, 7) is 2.15. The molecule has 2 rings (SSSR count). The number of halogens is 1. The average Bonchev–Trinajstić information content (AvgIpc) is 2.04. The quantitative estimate of drug-likeness (QED) is 0.583. The van der Waals surface area contributed by atoms with Gasteiger partial charge < -0.3 is 0 Å². The van der Waals surface area contributed by atoms with Gasteiger partial charge in [-0.25, -0.2) is 0 Å². The molecular formula is C10H12ClN. The smallest absolute Gasteiger partial charge is 0.0512 e. The first-order valence-electron chi connectivity index (χ1n) is 3.97. The molecule has 0 fully saturated rings. The fourth-order valence-electron chi connectivity index (χ4n) is 1.42. The molecule has 0 bridgehead atoms. The molecule has 0 aliphatic carbocycles. The molecule has 1 aliphatic heterocycles. The third kappa shape index (κ3) is 1.67. The molecule has 1 atom stereocenters. The monoisotopic (exact) mass is 181 g/mol. The van der Waals surface area contributed by atoms with Crippen LogP contribution in [0.5, 0.6) is 0 Å². The Morgan fingerprint density at radius 1 is 1.33 bits per heavy atom. The summed E-state index contributed by atoms with van der Waals surface area (Å²) < 4.78 is 0. The van der Waals surface area contributed by atoms with Crippen LogP contribution in [0.4, 0.5) is 0 Å². The topological polar surface area (TPSA) is 12.4 Å². The number of hydrogen-bond donors (Lipinski definition) is 0. The van der Waals surface area contributed by atoms with E-state index in [1.165, 1.54) is 11.1 Å². The van der Waals surface area contributed by atoms with Gasteiger partial charge in [0.1, 0.15) is 0 Å². The summed E-state index contributed by atoms with van der Waals surface area (Å²) in [4.78, 5) is 4.35. The number of fused-ring (bicyclic) bond motifs is 1. The molecule has 0 saturated carbocycles. The van der Waals surface area contributed by atoms with Gasteiger partial charge in [-0.2, -0.15) is 0 Å². The van der Waals surface area contributed by atoms with Gasteiger partial charge >= 0.3 is 0 Å². The van der Waals surface area contributed by atoms with Gasteiger partial charge in [0.2, 0.25) is 0 Å². The minimum Gasteiger partial charge on any atom is -0.289 e. The molecule has 1 heterocycles. The van der Waals surface area contributed by atoms with Crippen molar-refractivity contribution in [3.63, 3.8) is 0 Å². The second kappa shape index (κ2) is 3.72. The van der Waals surface area contributed by atoms with Crippen molar-refractivity contribution >= 4 is 18.6 Å². The van der Waals surface area contributed by atoms with Gasteiger partial charge in [-0.15, -0.1) is 12.4 Å². The van der Waals surface area contributed by atoms with Crippen molar-refractivity contribution in [1.29, 1.82) is 0 Å². The summed E-state index contributed by atoms with van der Waals surface area (Å²) in [6, 6.07) is 8.90. The van der Waals surface area contributed by atoms with Crippen LogP contribution in [-0.4, -0.2) is 12.3 Å². The van der Waals surface area contributed by atoms with E-state index in [1.54, 1.807) is 0 Å². The predicted octanol–water partition coefficient (Wildman–Crippen LogP) is 2.47. The number of nitrogens with zero attached hydrogens (tertiary/aromatic N) is 1. The zero-order valence-corrected chi connectivity index (χ0v) is 7.84. The van der Waals surface area contributed by atoms with Crippen molar-refractivity contribution in [3.8, 4) is 0 Å². The first-order valence-corrected chi connectivity index (χ1v) is 3.97. The molecule has 0 radical (unpaired) electrons.